The molecule has 1 heterocycles. The summed E-state index contributed by atoms with van der Waals surface area (Å²) >= 11 is 0. The fourth-order valence-electron chi connectivity index (χ4n) is 1.59. The van der Waals surface area contributed by atoms with E-state index >= 15 is 0 Å². The molecule has 0 aromatic carbocycles. The highest BCUT2D eigenvalue weighted by atomic mass is 19.4. The first kappa shape index (κ1) is 14.0. The van der Waals surface area contributed by atoms with Gasteiger partial charge >= 0.3 is 6.18 Å². The Kier molecular flexibility index (Phi) is 4.51. The van der Waals surface area contributed by atoms with Crippen molar-refractivity contribution in [3.05, 3.63) is 29.1 Å². The maximum Gasteiger partial charge on any atom is 0.389 e. The van der Waals surface area contributed by atoms with Gasteiger partial charge in [0.1, 0.15) is 0 Å². The Morgan fingerprint density at radius 1 is 1.41 bits per heavy atom. The highest BCUT2D eigenvalue weighted by Gasteiger charge is 2.26. The molecule has 0 radical (unpaired) electrons. The van der Waals surface area contributed by atoms with Crippen LogP contribution in [0.5, 0.6) is 0 Å². The minimum absolute atomic E-state index is 0.0782. The number of alkyl halides is 3. The SMILES string of the molecule is Cc1cc(C(C)N)cnc1CCCC(F)(F)F. The van der Waals surface area contributed by atoms with Gasteiger partial charge < -0.3 is 5.73 Å². The number of hydrogen-bond donors (Lipinski definition) is 1. The van der Waals surface area contributed by atoms with Crippen molar-refractivity contribution in [2.24, 2.45) is 5.73 Å². The summed E-state index contributed by atoms with van der Waals surface area (Å²) in [5.41, 5.74) is 8.23. The standard InChI is InChI=1S/C12H17F3N2/c1-8-6-10(9(2)16)7-17-11(8)4-3-5-12(13,14)15/h6-7,9H,3-5,16H2,1-2H3. The molecule has 0 aliphatic rings. The molecule has 2 nitrogen and oxygen atoms in total. The summed E-state index contributed by atoms with van der Waals surface area (Å²) in [6.45, 7) is 3.70. The van der Waals surface area contributed by atoms with E-state index in [0.29, 0.717) is 6.42 Å². The average molecular weight is 246 g/mol. The largest absolute Gasteiger partial charge is 0.389 e. The van der Waals surface area contributed by atoms with E-state index in [4.69, 9.17) is 5.73 Å². The quantitative estimate of drug-likeness (QED) is 0.885. The van der Waals surface area contributed by atoms with Crippen molar-refractivity contribution in [3.63, 3.8) is 0 Å². The predicted molar refractivity (Wildman–Crippen MR) is 60.6 cm³/mol. The number of aromatic nitrogens is 1. The average Bonchev–Trinajstić information content (AvgIpc) is 2.18. The van der Waals surface area contributed by atoms with Crippen molar-refractivity contribution >= 4 is 0 Å². The van der Waals surface area contributed by atoms with E-state index in [-0.39, 0.29) is 12.5 Å². The third kappa shape index (κ3) is 4.73. The smallest absolute Gasteiger partial charge is 0.324 e. The minimum atomic E-state index is -4.08. The lowest BCUT2D eigenvalue weighted by atomic mass is 10.0. The Hall–Kier alpha value is -1.10. The zero-order valence-corrected chi connectivity index (χ0v) is 10.0. The van der Waals surface area contributed by atoms with E-state index in [9.17, 15) is 13.2 Å². The maximum atomic E-state index is 12.0. The number of halogens is 3. The van der Waals surface area contributed by atoms with Crippen LogP contribution >= 0.6 is 0 Å². The first-order valence-electron chi connectivity index (χ1n) is 5.57. The molecular formula is C12H17F3N2. The number of hydrogen-bond acceptors (Lipinski definition) is 2. The molecule has 1 aromatic rings. The molecule has 17 heavy (non-hydrogen) atoms. The molecule has 1 atom stereocenters. The third-order valence-corrected chi connectivity index (χ3v) is 2.61. The monoisotopic (exact) mass is 246 g/mol. The molecule has 2 N–H and O–H groups in total. The van der Waals surface area contributed by atoms with Gasteiger partial charge in [-0.05, 0) is 37.8 Å². The van der Waals surface area contributed by atoms with E-state index in [1.165, 1.54) is 0 Å². The van der Waals surface area contributed by atoms with Crippen LogP contribution in [0.1, 0.15) is 42.6 Å². The van der Waals surface area contributed by atoms with E-state index < -0.39 is 12.6 Å². The Balaban J connectivity index is 2.61. The molecule has 0 aliphatic heterocycles. The number of rotatable bonds is 4. The lowest BCUT2D eigenvalue weighted by Gasteiger charge is -2.10. The number of nitrogens with two attached hydrogens (primary N) is 1. The molecule has 0 fully saturated rings. The van der Waals surface area contributed by atoms with E-state index in [1.54, 1.807) is 6.20 Å². The zero-order valence-electron chi connectivity index (χ0n) is 10.0. The normalized spacial score (nSPS) is 13.8. The van der Waals surface area contributed by atoms with Crippen molar-refractivity contribution in [2.75, 3.05) is 0 Å². The summed E-state index contributed by atoms with van der Waals surface area (Å²) in [6, 6.07) is 1.78. The van der Waals surface area contributed by atoms with Crippen LogP contribution in [-0.4, -0.2) is 11.2 Å². The molecule has 1 unspecified atom stereocenters. The summed E-state index contributed by atoms with van der Waals surface area (Å²) in [4.78, 5) is 4.17. The van der Waals surface area contributed by atoms with Crippen molar-refractivity contribution < 1.29 is 13.2 Å². The molecule has 1 rings (SSSR count). The van der Waals surface area contributed by atoms with Gasteiger partial charge in [-0.15, -0.1) is 0 Å². The Bertz CT molecular complexity index is 373. The summed E-state index contributed by atoms with van der Waals surface area (Å²) in [7, 11) is 0. The van der Waals surface area contributed by atoms with Crippen LogP contribution in [0.3, 0.4) is 0 Å². The van der Waals surface area contributed by atoms with Crippen LogP contribution in [-0.2, 0) is 6.42 Å². The van der Waals surface area contributed by atoms with Gasteiger partial charge in [0, 0.05) is 24.4 Å². The van der Waals surface area contributed by atoms with Gasteiger partial charge in [-0.2, -0.15) is 13.2 Å². The van der Waals surface area contributed by atoms with Gasteiger partial charge in [-0.3, -0.25) is 4.98 Å². The van der Waals surface area contributed by atoms with E-state index in [0.717, 1.165) is 16.8 Å². The molecular weight excluding hydrogens is 229 g/mol. The number of nitrogens with zero attached hydrogens (tertiary/aromatic N) is 1. The van der Waals surface area contributed by atoms with Crippen LogP contribution in [0.2, 0.25) is 0 Å². The van der Waals surface area contributed by atoms with Crippen molar-refractivity contribution in [2.45, 2.75) is 45.3 Å². The molecule has 0 aliphatic carbocycles. The number of aryl methyl sites for hydroxylation is 2. The highest BCUT2D eigenvalue weighted by molar-refractivity contribution is 5.25. The number of pyridine rings is 1. The lowest BCUT2D eigenvalue weighted by Crippen LogP contribution is -2.09. The van der Waals surface area contributed by atoms with Gasteiger partial charge in [0.25, 0.3) is 0 Å². The molecule has 0 saturated carbocycles. The molecule has 0 bridgehead atoms. The lowest BCUT2D eigenvalue weighted by molar-refractivity contribution is -0.135. The van der Waals surface area contributed by atoms with E-state index in [1.807, 2.05) is 19.9 Å². The van der Waals surface area contributed by atoms with Crippen molar-refractivity contribution in [3.8, 4) is 0 Å². The molecule has 1 aromatic heterocycles. The van der Waals surface area contributed by atoms with Crippen LogP contribution in [0.25, 0.3) is 0 Å². The summed E-state index contributed by atoms with van der Waals surface area (Å²) in [5, 5.41) is 0. The fraction of sp³-hybridized carbons (Fsp3) is 0.583. The third-order valence-electron chi connectivity index (χ3n) is 2.61. The van der Waals surface area contributed by atoms with Crippen LogP contribution in [0.15, 0.2) is 12.3 Å². The minimum Gasteiger partial charge on any atom is -0.324 e. The second-order valence-electron chi connectivity index (χ2n) is 4.29. The molecule has 5 heteroatoms. The maximum absolute atomic E-state index is 12.0. The zero-order chi connectivity index (χ0) is 13.1. The van der Waals surface area contributed by atoms with Gasteiger partial charge in [0.05, 0.1) is 0 Å². The molecule has 0 saturated heterocycles. The first-order chi connectivity index (χ1) is 7.79. The van der Waals surface area contributed by atoms with Gasteiger partial charge in [-0.25, -0.2) is 0 Å². The predicted octanol–water partition coefficient (Wildman–Crippen LogP) is 3.29. The first-order valence-corrected chi connectivity index (χ1v) is 5.57. The van der Waals surface area contributed by atoms with Gasteiger partial charge in [-0.1, -0.05) is 6.07 Å². The van der Waals surface area contributed by atoms with Crippen molar-refractivity contribution in [1.82, 2.24) is 4.98 Å². The Morgan fingerprint density at radius 3 is 2.53 bits per heavy atom. The summed E-state index contributed by atoms with van der Waals surface area (Å²) in [6.07, 6.45) is -2.77. The molecule has 96 valence electrons. The van der Waals surface area contributed by atoms with Crippen LogP contribution < -0.4 is 5.73 Å². The highest BCUT2D eigenvalue weighted by Crippen LogP contribution is 2.23. The Labute approximate surface area is 99.0 Å². The molecule has 0 spiro atoms. The fourth-order valence-corrected chi connectivity index (χ4v) is 1.59. The second-order valence-corrected chi connectivity index (χ2v) is 4.29. The van der Waals surface area contributed by atoms with Crippen LogP contribution in [0.4, 0.5) is 13.2 Å². The van der Waals surface area contributed by atoms with E-state index in [2.05, 4.69) is 4.98 Å². The van der Waals surface area contributed by atoms with Crippen molar-refractivity contribution in [1.29, 1.82) is 0 Å². The topological polar surface area (TPSA) is 38.9 Å². The molecule has 0 amide bonds. The van der Waals surface area contributed by atoms with Gasteiger partial charge in [0.2, 0.25) is 0 Å². The summed E-state index contributed by atoms with van der Waals surface area (Å²) < 4.78 is 36.0. The van der Waals surface area contributed by atoms with Gasteiger partial charge in [0.15, 0.2) is 0 Å². The second kappa shape index (κ2) is 5.49. The van der Waals surface area contributed by atoms with Crippen LogP contribution in [0, 0.1) is 6.92 Å². The summed E-state index contributed by atoms with van der Waals surface area (Å²) in [5.74, 6) is 0. The Morgan fingerprint density at radius 2 is 2.06 bits per heavy atom.